The number of hydrogen-bond acceptors (Lipinski definition) is 3. The highest BCUT2D eigenvalue weighted by Crippen LogP contribution is 2.29. The maximum atomic E-state index is 12.2. The third-order valence-electron chi connectivity index (χ3n) is 4.00. The molecule has 0 saturated heterocycles. The summed E-state index contributed by atoms with van der Waals surface area (Å²) >= 11 is 0. The molecule has 0 amide bonds. The van der Waals surface area contributed by atoms with E-state index in [9.17, 15) is 13.6 Å². The number of carbonyl (C=O) groups is 1. The summed E-state index contributed by atoms with van der Waals surface area (Å²) in [7, 11) is 0. The Hall–Kier alpha value is -1.85. The van der Waals surface area contributed by atoms with E-state index in [1.165, 1.54) is 0 Å². The fourth-order valence-electron chi connectivity index (χ4n) is 2.72. The first-order chi connectivity index (χ1) is 10.5. The van der Waals surface area contributed by atoms with E-state index in [1.807, 2.05) is 19.1 Å². The van der Waals surface area contributed by atoms with Crippen LogP contribution in [0.15, 0.2) is 18.2 Å². The van der Waals surface area contributed by atoms with Gasteiger partial charge in [-0.25, -0.2) is 8.78 Å². The zero-order valence-electron chi connectivity index (χ0n) is 12.5. The van der Waals surface area contributed by atoms with Gasteiger partial charge in [0.1, 0.15) is 12.4 Å². The van der Waals surface area contributed by atoms with Crippen LogP contribution in [0.5, 0.6) is 5.75 Å². The van der Waals surface area contributed by atoms with Crippen LogP contribution in [-0.4, -0.2) is 30.2 Å². The summed E-state index contributed by atoms with van der Waals surface area (Å²) < 4.78 is 29.6. The Morgan fingerprint density at radius 1 is 1.36 bits per heavy atom. The fraction of sp³-hybridized carbons (Fsp3) is 0.562. The molecule has 1 fully saturated rings. The monoisotopic (exact) mass is 313 g/mol. The highest BCUT2D eigenvalue weighted by atomic mass is 19.3. The molecule has 6 heteroatoms. The highest BCUT2D eigenvalue weighted by Gasteiger charge is 2.25. The molecule has 0 atom stereocenters. The molecule has 2 rings (SSSR count). The number of carboxylic acids is 1. The topological polar surface area (TPSA) is 58.6 Å². The Balaban J connectivity index is 1.93. The van der Waals surface area contributed by atoms with Gasteiger partial charge in [-0.15, -0.1) is 0 Å². The van der Waals surface area contributed by atoms with Gasteiger partial charge in [0, 0.05) is 17.8 Å². The minimum Gasteiger partial charge on any atom is -0.487 e. The summed E-state index contributed by atoms with van der Waals surface area (Å²) in [6, 6.07) is 5.64. The van der Waals surface area contributed by atoms with Gasteiger partial charge in [0.15, 0.2) is 0 Å². The van der Waals surface area contributed by atoms with E-state index >= 15 is 0 Å². The van der Waals surface area contributed by atoms with Crippen molar-refractivity contribution in [2.24, 2.45) is 5.92 Å². The van der Waals surface area contributed by atoms with Crippen molar-refractivity contribution in [2.45, 2.75) is 45.1 Å². The molecule has 0 heterocycles. The van der Waals surface area contributed by atoms with Crippen molar-refractivity contribution in [3.8, 4) is 5.75 Å². The normalized spacial score (nSPS) is 21.6. The molecule has 1 aliphatic carbocycles. The number of aliphatic carboxylic acids is 1. The molecule has 1 aromatic carbocycles. The van der Waals surface area contributed by atoms with E-state index in [1.54, 1.807) is 6.07 Å². The van der Waals surface area contributed by atoms with Crippen LogP contribution < -0.4 is 10.1 Å². The zero-order valence-corrected chi connectivity index (χ0v) is 12.5. The maximum absolute atomic E-state index is 12.2. The lowest BCUT2D eigenvalue weighted by atomic mass is 9.86. The van der Waals surface area contributed by atoms with Crippen LogP contribution in [0, 0.1) is 12.8 Å². The number of halogens is 2. The number of ether oxygens (including phenoxy) is 1. The smallest absolute Gasteiger partial charge is 0.306 e. The molecule has 1 aromatic rings. The molecule has 0 spiro atoms. The van der Waals surface area contributed by atoms with Gasteiger partial charge in [-0.2, -0.15) is 0 Å². The summed E-state index contributed by atoms with van der Waals surface area (Å²) in [5.74, 6) is -0.526. The molecule has 0 bridgehead atoms. The van der Waals surface area contributed by atoms with E-state index in [-0.39, 0.29) is 12.0 Å². The van der Waals surface area contributed by atoms with Crippen molar-refractivity contribution in [1.29, 1.82) is 0 Å². The van der Waals surface area contributed by atoms with Crippen molar-refractivity contribution in [3.63, 3.8) is 0 Å². The van der Waals surface area contributed by atoms with Crippen LogP contribution >= 0.6 is 0 Å². The summed E-state index contributed by atoms with van der Waals surface area (Å²) in [6.07, 6.45) is 0.402. The number of rotatable bonds is 6. The molecule has 122 valence electrons. The van der Waals surface area contributed by atoms with E-state index in [2.05, 4.69) is 5.32 Å². The predicted octanol–water partition coefficient (Wildman–Crippen LogP) is 3.69. The van der Waals surface area contributed by atoms with Crippen molar-refractivity contribution in [1.82, 2.24) is 0 Å². The average Bonchev–Trinajstić information content (AvgIpc) is 2.48. The molecular formula is C16H21F2NO3. The van der Waals surface area contributed by atoms with Crippen LogP contribution in [0.1, 0.15) is 31.2 Å². The lowest BCUT2D eigenvalue weighted by Crippen LogP contribution is -2.29. The number of aryl methyl sites for hydroxylation is 1. The van der Waals surface area contributed by atoms with Gasteiger partial charge < -0.3 is 15.2 Å². The number of carboxylic acid groups (broad SMARTS) is 1. The van der Waals surface area contributed by atoms with E-state index in [0.29, 0.717) is 18.6 Å². The third-order valence-corrected chi connectivity index (χ3v) is 4.00. The molecule has 0 aromatic heterocycles. The minimum atomic E-state index is -2.50. The lowest BCUT2D eigenvalue weighted by molar-refractivity contribution is -0.142. The van der Waals surface area contributed by atoms with E-state index < -0.39 is 19.0 Å². The quantitative estimate of drug-likeness (QED) is 0.841. The first-order valence-corrected chi connectivity index (χ1v) is 7.46. The van der Waals surface area contributed by atoms with Gasteiger partial charge in [0.25, 0.3) is 6.43 Å². The number of hydrogen-bond donors (Lipinski definition) is 2. The second-order valence-corrected chi connectivity index (χ2v) is 5.71. The number of anilines is 1. The van der Waals surface area contributed by atoms with Crippen LogP contribution in [-0.2, 0) is 4.79 Å². The van der Waals surface area contributed by atoms with Gasteiger partial charge in [-0.3, -0.25) is 4.79 Å². The molecule has 1 aliphatic rings. The molecule has 2 N–H and O–H groups in total. The summed E-state index contributed by atoms with van der Waals surface area (Å²) in [5.41, 5.74) is 1.62. The number of benzene rings is 1. The van der Waals surface area contributed by atoms with E-state index in [4.69, 9.17) is 9.84 Å². The first-order valence-electron chi connectivity index (χ1n) is 7.46. The predicted molar refractivity (Wildman–Crippen MR) is 79.7 cm³/mol. The van der Waals surface area contributed by atoms with Gasteiger partial charge in [0.2, 0.25) is 0 Å². The first kappa shape index (κ1) is 16.5. The molecule has 0 radical (unpaired) electrons. The Morgan fingerprint density at radius 2 is 2.05 bits per heavy atom. The maximum Gasteiger partial charge on any atom is 0.306 e. The van der Waals surface area contributed by atoms with Gasteiger partial charge >= 0.3 is 5.97 Å². The molecule has 4 nitrogen and oxygen atoms in total. The Bertz CT molecular complexity index is 514. The van der Waals surface area contributed by atoms with Crippen molar-refractivity contribution >= 4 is 11.7 Å². The average molecular weight is 313 g/mol. The van der Waals surface area contributed by atoms with Crippen LogP contribution in [0.3, 0.4) is 0 Å². The van der Waals surface area contributed by atoms with Crippen molar-refractivity contribution < 1.29 is 23.4 Å². The molecule has 1 saturated carbocycles. The van der Waals surface area contributed by atoms with Gasteiger partial charge in [0.05, 0.1) is 5.92 Å². The Morgan fingerprint density at radius 3 is 2.64 bits per heavy atom. The Labute approximate surface area is 128 Å². The second-order valence-electron chi connectivity index (χ2n) is 5.71. The lowest BCUT2D eigenvalue weighted by Gasteiger charge is -2.27. The third kappa shape index (κ3) is 4.58. The number of nitrogens with one attached hydrogen (secondary N) is 1. The summed E-state index contributed by atoms with van der Waals surface area (Å²) in [5, 5.41) is 12.3. The van der Waals surface area contributed by atoms with Crippen molar-refractivity contribution in [2.75, 3.05) is 11.9 Å². The van der Waals surface area contributed by atoms with Gasteiger partial charge in [-0.05, 0) is 44.2 Å². The Kier molecular flexibility index (Phi) is 5.57. The largest absolute Gasteiger partial charge is 0.487 e. The van der Waals surface area contributed by atoms with Crippen LogP contribution in [0.2, 0.25) is 0 Å². The SMILES string of the molecule is Cc1ccc(NC2CCC(C(=O)O)CC2)cc1OCC(F)F. The van der Waals surface area contributed by atoms with E-state index in [0.717, 1.165) is 24.1 Å². The minimum absolute atomic E-state index is 0.209. The van der Waals surface area contributed by atoms with Crippen molar-refractivity contribution in [3.05, 3.63) is 23.8 Å². The number of alkyl halides is 2. The summed E-state index contributed by atoms with van der Waals surface area (Å²) in [4.78, 5) is 10.9. The molecule has 0 aliphatic heterocycles. The fourth-order valence-corrected chi connectivity index (χ4v) is 2.72. The molecule has 0 unspecified atom stereocenters. The molecular weight excluding hydrogens is 292 g/mol. The van der Waals surface area contributed by atoms with Crippen LogP contribution in [0.25, 0.3) is 0 Å². The van der Waals surface area contributed by atoms with Gasteiger partial charge in [-0.1, -0.05) is 6.07 Å². The second kappa shape index (κ2) is 7.42. The summed E-state index contributed by atoms with van der Waals surface area (Å²) in [6.45, 7) is 1.19. The molecule has 22 heavy (non-hydrogen) atoms. The standard InChI is InChI=1S/C16H21F2NO3/c1-10-2-5-13(8-14(10)22-9-15(17)18)19-12-6-3-11(4-7-12)16(20)21/h2,5,8,11-12,15,19H,3-4,6-7,9H2,1H3,(H,20,21). The van der Waals surface area contributed by atoms with Crippen LogP contribution in [0.4, 0.5) is 14.5 Å². The zero-order chi connectivity index (χ0) is 16.1. The highest BCUT2D eigenvalue weighted by molar-refractivity contribution is 5.70.